The summed E-state index contributed by atoms with van der Waals surface area (Å²) in [6.07, 6.45) is 2.74. The van der Waals surface area contributed by atoms with E-state index in [4.69, 9.17) is 10.5 Å². The van der Waals surface area contributed by atoms with E-state index in [0.717, 1.165) is 18.8 Å². The lowest BCUT2D eigenvalue weighted by atomic mass is 10.1. The van der Waals surface area contributed by atoms with Gasteiger partial charge in [0.25, 0.3) is 0 Å². The number of ether oxygens (including phenoxy) is 1. The number of rotatable bonds is 2. The molecule has 0 saturated carbocycles. The molecular weight excluding hydrogens is 188 g/mol. The van der Waals surface area contributed by atoms with Crippen molar-refractivity contribution in [2.24, 2.45) is 0 Å². The summed E-state index contributed by atoms with van der Waals surface area (Å²) in [6, 6.07) is 8.05. The fraction of sp³-hybridized carbons (Fsp3) is 0.500. The van der Waals surface area contributed by atoms with Crippen LogP contribution < -0.4 is 10.6 Å². The standard InChI is InChI=1S/C12H18N2O/c1-15-12-3-2-8-14(9-12)11-6-4-10(13)5-7-11/h4-7,12H,2-3,8-9,13H2,1H3/t12-/m0/s1. The second-order valence-electron chi connectivity index (χ2n) is 4.04. The molecule has 1 atom stereocenters. The van der Waals surface area contributed by atoms with Crippen molar-refractivity contribution in [2.75, 3.05) is 30.8 Å². The number of anilines is 2. The molecular formula is C12H18N2O. The summed E-state index contributed by atoms with van der Waals surface area (Å²) in [7, 11) is 1.79. The van der Waals surface area contributed by atoms with Gasteiger partial charge in [-0.2, -0.15) is 0 Å². The largest absolute Gasteiger partial charge is 0.399 e. The van der Waals surface area contributed by atoms with Crippen LogP contribution in [-0.4, -0.2) is 26.3 Å². The highest BCUT2D eigenvalue weighted by atomic mass is 16.5. The van der Waals surface area contributed by atoms with Crippen LogP contribution in [0.5, 0.6) is 0 Å². The van der Waals surface area contributed by atoms with Gasteiger partial charge in [-0.15, -0.1) is 0 Å². The van der Waals surface area contributed by atoms with Gasteiger partial charge >= 0.3 is 0 Å². The molecule has 0 amide bonds. The minimum atomic E-state index is 0.372. The van der Waals surface area contributed by atoms with Crippen molar-refractivity contribution < 1.29 is 4.74 Å². The van der Waals surface area contributed by atoms with E-state index in [1.54, 1.807) is 7.11 Å². The number of piperidine rings is 1. The number of nitrogens with two attached hydrogens (primary N) is 1. The highest BCUT2D eigenvalue weighted by Crippen LogP contribution is 2.21. The zero-order valence-electron chi connectivity index (χ0n) is 9.15. The highest BCUT2D eigenvalue weighted by molar-refractivity contribution is 5.53. The van der Waals surface area contributed by atoms with Crippen molar-refractivity contribution in [3.05, 3.63) is 24.3 Å². The molecule has 3 heteroatoms. The van der Waals surface area contributed by atoms with Crippen molar-refractivity contribution >= 4 is 11.4 Å². The minimum Gasteiger partial charge on any atom is -0.399 e. The van der Waals surface area contributed by atoms with Gasteiger partial charge in [-0.05, 0) is 37.1 Å². The summed E-state index contributed by atoms with van der Waals surface area (Å²) in [6.45, 7) is 2.10. The van der Waals surface area contributed by atoms with Crippen LogP contribution in [-0.2, 0) is 4.74 Å². The van der Waals surface area contributed by atoms with Gasteiger partial charge < -0.3 is 15.4 Å². The maximum Gasteiger partial charge on any atom is 0.0746 e. The molecule has 1 aliphatic rings. The first-order valence-corrected chi connectivity index (χ1v) is 5.43. The minimum absolute atomic E-state index is 0.372. The molecule has 0 aliphatic carbocycles. The van der Waals surface area contributed by atoms with Crippen molar-refractivity contribution in [3.63, 3.8) is 0 Å². The smallest absolute Gasteiger partial charge is 0.0746 e. The number of nitrogen functional groups attached to an aromatic ring is 1. The van der Waals surface area contributed by atoms with Gasteiger partial charge in [0.05, 0.1) is 6.10 Å². The Morgan fingerprint density at radius 1 is 1.33 bits per heavy atom. The first-order valence-electron chi connectivity index (χ1n) is 5.43. The Balaban J connectivity index is 2.06. The topological polar surface area (TPSA) is 38.5 Å². The number of benzene rings is 1. The number of methoxy groups -OCH3 is 1. The van der Waals surface area contributed by atoms with Gasteiger partial charge in [0.2, 0.25) is 0 Å². The normalized spacial score (nSPS) is 21.7. The van der Waals surface area contributed by atoms with Gasteiger partial charge in [-0.1, -0.05) is 0 Å². The number of nitrogens with zero attached hydrogens (tertiary/aromatic N) is 1. The summed E-state index contributed by atoms with van der Waals surface area (Å²) in [5.41, 5.74) is 7.73. The van der Waals surface area contributed by atoms with Crippen LogP contribution in [0.1, 0.15) is 12.8 Å². The first kappa shape index (κ1) is 10.3. The van der Waals surface area contributed by atoms with Crippen LogP contribution in [0, 0.1) is 0 Å². The third-order valence-electron chi connectivity index (χ3n) is 2.97. The van der Waals surface area contributed by atoms with Gasteiger partial charge in [0, 0.05) is 31.6 Å². The molecule has 2 rings (SSSR count). The van der Waals surface area contributed by atoms with Gasteiger partial charge in [0.15, 0.2) is 0 Å². The van der Waals surface area contributed by atoms with Gasteiger partial charge in [0.1, 0.15) is 0 Å². The van der Waals surface area contributed by atoms with Crippen LogP contribution in [0.15, 0.2) is 24.3 Å². The maximum absolute atomic E-state index is 5.67. The third kappa shape index (κ3) is 2.42. The molecule has 0 aromatic heterocycles. The molecule has 1 heterocycles. The average molecular weight is 206 g/mol. The van der Waals surface area contributed by atoms with Crippen LogP contribution in [0.2, 0.25) is 0 Å². The highest BCUT2D eigenvalue weighted by Gasteiger charge is 2.19. The first-order chi connectivity index (χ1) is 7.29. The Kier molecular flexibility index (Phi) is 3.11. The zero-order valence-corrected chi connectivity index (χ0v) is 9.15. The second-order valence-corrected chi connectivity index (χ2v) is 4.04. The molecule has 82 valence electrons. The average Bonchev–Trinajstić information content (AvgIpc) is 2.30. The molecule has 1 aromatic carbocycles. The summed E-state index contributed by atoms with van der Waals surface area (Å²) in [5.74, 6) is 0. The molecule has 1 saturated heterocycles. The van der Waals surface area contributed by atoms with Crippen LogP contribution in [0.3, 0.4) is 0 Å². The summed E-state index contributed by atoms with van der Waals surface area (Å²) >= 11 is 0. The van der Waals surface area contributed by atoms with Crippen LogP contribution in [0.25, 0.3) is 0 Å². The second kappa shape index (κ2) is 4.53. The summed E-state index contributed by atoms with van der Waals surface area (Å²) < 4.78 is 5.40. The predicted molar refractivity (Wildman–Crippen MR) is 63.1 cm³/mol. The van der Waals surface area contributed by atoms with E-state index in [2.05, 4.69) is 17.0 Å². The van der Waals surface area contributed by atoms with E-state index >= 15 is 0 Å². The van der Waals surface area contributed by atoms with Crippen molar-refractivity contribution in [1.82, 2.24) is 0 Å². The van der Waals surface area contributed by atoms with Crippen LogP contribution in [0.4, 0.5) is 11.4 Å². The fourth-order valence-electron chi connectivity index (χ4n) is 2.05. The molecule has 1 fully saturated rings. The van der Waals surface area contributed by atoms with Gasteiger partial charge in [-0.3, -0.25) is 0 Å². The third-order valence-corrected chi connectivity index (χ3v) is 2.97. The van der Waals surface area contributed by atoms with Gasteiger partial charge in [-0.25, -0.2) is 0 Å². The van der Waals surface area contributed by atoms with Crippen molar-refractivity contribution in [2.45, 2.75) is 18.9 Å². The lowest BCUT2D eigenvalue weighted by molar-refractivity contribution is 0.0893. The maximum atomic E-state index is 5.67. The monoisotopic (exact) mass is 206 g/mol. The lowest BCUT2D eigenvalue weighted by Crippen LogP contribution is -2.39. The molecule has 0 spiro atoms. The number of hydrogen-bond acceptors (Lipinski definition) is 3. The molecule has 1 aromatic rings. The van der Waals surface area contributed by atoms with Crippen molar-refractivity contribution in [3.8, 4) is 0 Å². The molecule has 0 unspecified atom stereocenters. The Morgan fingerprint density at radius 2 is 2.07 bits per heavy atom. The molecule has 0 radical (unpaired) electrons. The van der Waals surface area contributed by atoms with E-state index in [0.29, 0.717) is 6.10 Å². The van der Waals surface area contributed by atoms with E-state index in [9.17, 15) is 0 Å². The Labute approximate surface area is 90.8 Å². The van der Waals surface area contributed by atoms with E-state index in [1.165, 1.54) is 18.5 Å². The molecule has 2 N–H and O–H groups in total. The number of hydrogen-bond donors (Lipinski definition) is 1. The molecule has 3 nitrogen and oxygen atoms in total. The predicted octanol–water partition coefficient (Wildman–Crippen LogP) is 1.88. The summed E-state index contributed by atoms with van der Waals surface area (Å²) in [4.78, 5) is 2.36. The van der Waals surface area contributed by atoms with E-state index < -0.39 is 0 Å². The van der Waals surface area contributed by atoms with E-state index in [1.807, 2.05) is 12.1 Å². The summed E-state index contributed by atoms with van der Waals surface area (Å²) in [5, 5.41) is 0. The lowest BCUT2D eigenvalue weighted by Gasteiger charge is -2.33. The Morgan fingerprint density at radius 3 is 2.73 bits per heavy atom. The molecule has 1 aliphatic heterocycles. The van der Waals surface area contributed by atoms with Crippen molar-refractivity contribution in [1.29, 1.82) is 0 Å². The quantitative estimate of drug-likeness (QED) is 0.751. The van der Waals surface area contributed by atoms with Crippen LogP contribution >= 0.6 is 0 Å². The Bertz CT molecular complexity index is 310. The van der Waals surface area contributed by atoms with E-state index in [-0.39, 0.29) is 0 Å². The zero-order chi connectivity index (χ0) is 10.7. The molecule has 0 bridgehead atoms. The Hall–Kier alpha value is -1.22. The SMILES string of the molecule is CO[C@H]1CCCN(c2ccc(N)cc2)C1. The molecule has 15 heavy (non-hydrogen) atoms. The fourth-order valence-corrected chi connectivity index (χ4v) is 2.05.